The van der Waals surface area contributed by atoms with E-state index in [0.717, 1.165) is 31.4 Å². The van der Waals surface area contributed by atoms with E-state index in [1.807, 2.05) is 31.1 Å². The molecular weight excluding hydrogens is 242 g/mol. The number of furan rings is 1. The first-order valence-corrected chi connectivity index (χ1v) is 6.80. The highest BCUT2D eigenvalue weighted by molar-refractivity contribution is 5.86. The molecule has 1 aliphatic carbocycles. The molecule has 0 radical (unpaired) electrons. The van der Waals surface area contributed by atoms with Crippen molar-refractivity contribution in [3.8, 4) is 0 Å². The van der Waals surface area contributed by atoms with Crippen molar-refractivity contribution in [3.05, 3.63) is 24.2 Å². The minimum Gasteiger partial charge on any atom is -0.468 e. The topological polar surface area (TPSA) is 71.5 Å². The SMILES string of the molecule is CN(C)C(CNC(=O)C1(N)CCCC1)c1ccco1. The Kier molecular flexibility index (Phi) is 4.27. The normalized spacial score (nSPS) is 19.6. The molecule has 1 fully saturated rings. The molecule has 0 aliphatic heterocycles. The fourth-order valence-electron chi connectivity index (χ4n) is 2.62. The molecule has 3 N–H and O–H groups in total. The highest BCUT2D eigenvalue weighted by Gasteiger charge is 2.37. The monoisotopic (exact) mass is 265 g/mol. The van der Waals surface area contributed by atoms with Crippen LogP contribution in [0.5, 0.6) is 0 Å². The van der Waals surface area contributed by atoms with E-state index in [9.17, 15) is 4.79 Å². The van der Waals surface area contributed by atoms with E-state index in [2.05, 4.69) is 5.32 Å². The lowest BCUT2D eigenvalue weighted by Gasteiger charge is -2.26. The van der Waals surface area contributed by atoms with Gasteiger partial charge >= 0.3 is 0 Å². The molecule has 1 unspecified atom stereocenters. The van der Waals surface area contributed by atoms with Gasteiger partial charge in [-0.05, 0) is 39.1 Å². The zero-order valence-corrected chi connectivity index (χ0v) is 11.7. The molecule has 0 saturated heterocycles. The summed E-state index contributed by atoms with van der Waals surface area (Å²) in [5.74, 6) is 0.811. The number of rotatable bonds is 5. The Bertz CT molecular complexity index is 408. The second-order valence-electron chi connectivity index (χ2n) is 5.57. The van der Waals surface area contributed by atoms with E-state index in [1.165, 1.54) is 0 Å². The Morgan fingerprint density at radius 3 is 2.74 bits per heavy atom. The third kappa shape index (κ3) is 3.16. The van der Waals surface area contributed by atoms with Crippen molar-refractivity contribution in [2.75, 3.05) is 20.6 Å². The van der Waals surface area contributed by atoms with Crippen molar-refractivity contribution >= 4 is 5.91 Å². The molecule has 5 nitrogen and oxygen atoms in total. The maximum atomic E-state index is 12.2. The van der Waals surface area contributed by atoms with Crippen molar-refractivity contribution in [1.82, 2.24) is 10.2 Å². The maximum absolute atomic E-state index is 12.2. The van der Waals surface area contributed by atoms with Gasteiger partial charge in [0.05, 0.1) is 17.8 Å². The first-order valence-electron chi connectivity index (χ1n) is 6.80. The minimum atomic E-state index is -0.667. The number of carbonyl (C=O) groups is 1. The highest BCUT2D eigenvalue weighted by Crippen LogP contribution is 2.27. The third-order valence-electron chi connectivity index (χ3n) is 3.90. The Balaban J connectivity index is 1.94. The standard InChI is InChI=1S/C14H23N3O2/c1-17(2)11(12-6-5-9-19-12)10-16-13(18)14(15)7-3-4-8-14/h5-6,9,11H,3-4,7-8,10,15H2,1-2H3,(H,16,18). The van der Waals surface area contributed by atoms with Gasteiger partial charge in [-0.2, -0.15) is 0 Å². The van der Waals surface area contributed by atoms with Gasteiger partial charge in [0.15, 0.2) is 0 Å². The summed E-state index contributed by atoms with van der Waals surface area (Å²) in [5.41, 5.74) is 5.47. The quantitative estimate of drug-likeness (QED) is 0.841. The van der Waals surface area contributed by atoms with Gasteiger partial charge in [0, 0.05) is 6.54 Å². The van der Waals surface area contributed by atoms with E-state index in [0.29, 0.717) is 6.54 Å². The number of hydrogen-bond acceptors (Lipinski definition) is 4. The molecule has 1 aromatic rings. The Hall–Kier alpha value is -1.33. The van der Waals surface area contributed by atoms with Crippen molar-refractivity contribution in [3.63, 3.8) is 0 Å². The van der Waals surface area contributed by atoms with Crippen LogP contribution in [0, 0.1) is 0 Å². The average Bonchev–Trinajstić information content (AvgIpc) is 3.01. The van der Waals surface area contributed by atoms with E-state index in [4.69, 9.17) is 10.2 Å². The summed E-state index contributed by atoms with van der Waals surface area (Å²) < 4.78 is 5.42. The number of nitrogens with two attached hydrogens (primary N) is 1. The molecule has 2 rings (SSSR count). The van der Waals surface area contributed by atoms with Gasteiger partial charge in [0.25, 0.3) is 0 Å². The number of nitrogens with zero attached hydrogens (tertiary/aromatic N) is 1. The van der Waals surface area contributed by atoms with E-state index < -0.39 is 5.54 Å². The van der Waals surface area contributed by atoms with Crippen LogP contribution in [0.2, 0.25) is 0 Å². The maximum Gasteiger partial charge on any atom is 0.240 e. The number of nitrogens with one attached hydrogen (secondary N) is 1. The van der Waals surface area contributed by atoms with Crippen LogP contribution in [0.4, 0.5) is 0 Å². The van der Waals surface area contributed by atoms with Crippen LogP contribution in [-0.4, -0.2) is 37.0 Å². The molecule has 106 valence electrons. The zero-order chi connectivity index (χ0) is 13.9. The van der Waals surface area contributed by atoms with Crippen molar-refractivity contribution in [1.29, 1.82) is 0 Å². The lowest BCUT2D eigenvalue weighted by Crippen LogP contribution is -2.53. The fraction of sp³-hybridized carbons (Fsp3) is 0.643. The van der Waals surface area contributed by atoms with Crippen LogP contribution in [0.3, 0.4) is 0 Å². The van der Waals surface area contributed by atoms with Gasteiger partial charge < -0.3 is 15.5 Å². The smallest absolute Gasteiger partial charge is 0.240 e. The third-order valence-corrected chi connectivity index (χ3v) is 3.90. The number of carbonyl (C=O) groups excluding carboxylic acids is 1. The summed E-state index contributed by atoms with van der Waals surface area (Å²) in [4.78, 5) is 14.2. The summed E-state index contributed by atoms with van der Waals surface area (Å²) in [6, 6.07) is 3.81. The minimum absolute atomic E-state index is 0.0314. The molecule has 1 heterocycles. The second kappa shape index (κ2) is 5.75. The zero-order valence-electron chi connectivity index (χ0n) is 11.7. The second-order valence-corrected chi connectivity index (χ2v) is 5.57. The van der Waals surface area contributed by atoms with Gasteiger partial charge in [-0.1, -0.05) is 12.8 Å². The first-order chi connectivity index (χ1) is 9.03. The highest BCUT2D eigenvalue weighted by atomic mass is 16.3. The molecule has 5 heteroatoms. The predicted molar refractivity (Wildman–Crippen MR) is 73.5 cm³/mol. The molecular formula is C14H23N3O2. The average molecular weight is 265 g/mol. The lowest BCUT2D eigenvalue weighted by atomic mass is 9.98. The molecule has 1 saturated carbocycles. The molecule has 1 atom stereocenters. The van der Waals surface area contributed by atoms with Gasteiger partial charge in [0.1, 0.15) is 5.76 Å². The lowest BCUT2D eigenvalue weighted by molar-refractivity contribution is -0.126. The molecule has 0 spiro atoms. The van der Waals surface area contributed by atoms with E-state index in [1.54, 1.807) is 6.26 Å². The molecule has 0 aromatic carbocycles. The molecule has 1 aromatic heterocycles. The largest absolute Gasteiger partial charge is 0.468 e. The fourth-order valence-corrected chi connectivity index (χ4v) is 2.62. The van der Waals surface area contributed by atoms with E-state index in [-0.39, 0.29) is 11.9 Å². The summed E-state index contributed by atoms with van der Waals surface area (Å²) >= 11 is 0. The molecule has 19 heavy (non-hydrogen) atoms. The van der Waals surface area contributed by atoms with Crippen molar-refractivity contribution in [2.24, 2.45) is 5.73 Å². The van der Waals surface area contributed by atoms with Crippen LogP contribution in [0.15, 0.2) is 22.8 Å². The van der Waals surface area contributed by atoms with Gasteiger partial charge in [0.2, 0.25) is 5.91 Å². The van der Waals surface area contributed by atoms with Crippen molar-refractivity contribution in [2.45, 2.75) is 37.3 Å². The summed E-state index contributed by atoms with van der Waals surface area (Å²) in [6.07, 6.45) is 5.30. The summed E-state index contributed by atoms with van der Waals surface area (Å²) in [5, 5.41) is 2.97. The Labute approximate surface area is 114 Å². The Morgan fingerprint density at radius 2 is 2.21 bits per heavy atom. The van der Waals surface area contributed by atoms with Crippen LogP contribution < -0.4 is 11.1 Å². The van der Waals surface area contributed by atoms with Crippen molar-refractivity contribution < 1.29 is 9.21 Å². The molecule has 0 bridgehead atoms. The predicted octanol–water partition coefficient (Wildman–Crippen LogP) is 1.27. The number of likely N-dealkylation sites (N-methyl/N-ethyl adjacent to an activating group) is 1. The first kappa shape index (κ1) is 14.1. The van der Waals surface area contributed by atoms with Gasteiger partial charge in [-0.15, -0.1) is 0 Å². The van der Waals surface area contributed by atoms with Crippen LogP contribution in [-0.2, 0) is 4.79 Å². The summed E-state index contributed by atoms with van der Waals surface area (Å²) in [7, 11) is 3.93. The van der Waals surface area contributed by atoms with Gasteiger partial charge in [-0.3, -0.25) is 9.69 Å². The van der Waals surface area contributed by atoms with Crippen LogP contribution in [0.1, 0.15) is 37.5 Å². The molecule has 1 aliphatic rings. The number of hydrogen-bond donors (Lipinski definition) is 2. The van der Waals surface area contributed by atoms with Gasteiger partial charge in [-0.25, -0.2) is 0 Å². The molecule has 1 amide bonds. The Morgan fingerprint density at radius 1 is 1.53 bits per heavy atom. The van der Waals surface area contributed by atoms with Crippen LogP contribution in [0.25, 0.3) is 0 Å². The van der Waals surface area contributed by atoms with Crippen LogP contribution >= 0.6 is 0 Å². The van der Waals surface area contributed by atoms with E-state index >= 15 is 0 Å². The number of amides is 1. The summed E-state index contributed by atoms with van der Waals surface area (Å²) in [6.45, 7) is 0.512.